The van der Waals surface area contributed by atoms with Gasteiger partial charge < -0.3 is 10.6 Å². The predicted octanol–water partition coefficient (Wildman–Crippen LogP) is 4.39. The van der Waals surface area contributed by atoms with E-state index in [1.807, 2.05) is 55.5 Å². The van der Waals surface area contributed by atoms with Crippen molar-refractivity contribution in [1.29, 1.82) is 0 Å². The summed E-state index contributed by atoms with van der Waals surface area (Å²) < 4.78 is 6.74. The van der Waals surface area contributed by atoms with Crippen molar-refractivity contribution in [3.63, 3.8) is 0 Å². The van der Waals surface area contributed by atoms with E-state index in [-0.39, 0.29) is 0 Å². The average molecular weight is 410 g/mol. The van der Waals surface area contributed by atoms with E-state index < -0.39 is 0 Å². The first-order valence-corrected chi connectivity index (χ1v) is 10.5. The topological polar surface area (TPSA) is 78.9 Å². The Morgan fingerprint density at radius 2 is 1.75 bits per heavy atom. The van der Waals surface area contributed by atoms with Crippen LogP contribution in [0, 0.1) is 6.92 Å². The number of nitrogens with zero attached hydrogens (tertiary/aromatic N) is 4. The number of nitrogens with two attached hydrogens (primary N) is 1. The van der Waals surface area contributed by atoms with E-state index in [2.05, 4.69) is 15.6 Å². The molecule has 6 nitrogen and oxygen atoms in total. The fourth-order valence-corrected chi connectivity index (χ4v) is 4.33. The minimum absolute atomic E-state index is 0.652. The van der Waals surface area contributed by atoms with Gasteiger partial charge in [-0.3, -0.25) is 0 Å². The molecule has 0 saturated heterocycles. The Kier molecular flexibility index (Phi) is 5.31. The molecule has 0 aliphatic rings. The number of rotatable bonds is 6. The third-order valence-electron chi connectivity index (χ3n) is 4.21. The number of aromatic nitrogens is 4. The third-order valence-corrected chi connectivity index (χ3v) is 6.13. The molecule has 0 bridgehead atoms. The fraction of sp³-hybridized carbons (Fsp3) is 0.150. The van der Waals surface area contributed by atoms with Gasteiger partial charge in [-0.15, -0.1) is 21.5 Å². The molecule has 8 heteroatoms. The van der Waals surface area contributed by atoms with Crippen LogP contribution in [0.1, 0.15) is 11.3 Å². The van der Waals surface area contributed by atoms with Crippen LogP contribution in [0.3, 0.4) is 0 Å². The van der Waals surface area contributed by atoms with Crippen molar-refractivity contribution < 1.29 is 4.74 Å². The largest absolute Gasteiger partial charge is 0.497 e. The van der Waals surface area contributed by atoms with E-state index in [9.17, 15) is 0 Å². The summed E-state index contributed by atoms with van der Waals surface area (Å²) in [5.41, 5.74) is 4.20. The monoisotopic (exact) mass is 409 g/mol. The summed E-state index contributed by atoms with van der Waals surface area (Å²) in [6.45, 7) is 2.05. The highest BCUT2D eigenvalue weighted by atomic mass is 32.2. The van der Waals surface area contributed by atoms with Crippen LogP contribution in [-0.2, 0) is 5.75 Å². The Labute approximate surface area is 171 Å². The van der Waals surface area contributed by atoms with Crippen LogP contribution in [0.25, 0.3) is 22.0 Å². The predicted molar refractivity (Wildman–Crippen MR) is 114 cm³/mol. The first-order chi connectivity index (χ1) is 13.6. The number of methoxy groups -OCH3 is 1. The van der Waals surface area contributed by atoms with Gasteiger partial charge in [-0.1, -0.05) is 41.6 Å². The Bertz CT molecular complexity index is 1070. The van der Waals surface area contributed by atoms with Crippen LogP contribution >= 0.6 is 23.1 Å². The zero-order chi connectivity index (χ0) is 19.5. The molecule has 2 N–H and O–H groups in total. The van der Waals surface area contributed by atoms with Gasteiger partial charge in [0.2, 0.25) is 5.16 Å². The second-order valence-corrected chi connectivity index (χ2v) is 8.00. The molecule has 0 aliphatic carbocycles. The lowest BCUT2D eigenvalue weighted by atomic mass is 10.1. The maximum Gasteiger partial charge on any atom is 0.210 e. The number of aryl methyl sites for hydroxylation is 1. The summed E-state index contributed by atoms with van der Waals surface area (Å²) in [7, 11) is 1.66. The number of thiazole rings is 1. The molecule has 0 atom stereocenters. The molecule has 142 valence electrons. The van der Waals surface area contributed by atoms with Gasteiger partial charge in [-0.05, 0) is 31.2 Å². The summed E-state index contributed by atoms with van der Waals surface area (Å²) >= 11 is 3.14. The summed E-state index contributed by atoms with van der Waals surface area (Å²) in [6, 6.07) is 16.0. The van der Waals surface area contributed by atoms with E-state index in [1.54, 1.807) is 18.4 Å². The molecule has 0 aliphatic heterocycles. The normalized spacial score (nSPS) is 10.9. The van der Waals surface area contributed by atoms with Gasteiger partial charge in [-0.2, -0.15) is 0 Å². The molecule has 28 heavy (non-hydrogen) atoms. The lowest BCUT2D eigenvalue weighted by Crippen LogP contribution is -2.11. The zero-order valence-corrected chi connectivity index (χ0v) is 17.1. The maximum atomic E-state index is 6.20. The summed E-state index contributed by atoms with van der Waals surface area (Å²) in [5, 5.41) is 12.2. The lowest BCUT2D eigenvalue weighted by Gasteiger charge is -2.03. The van der Waals surface area contributed by atoms with Crippen molar-refractivity contribution in [1.82, 2.24) is 19.9 Å². The molecule has 2 aromatic heterocycles. The molecular formula is C20H19N5OS2. The second kappa shape index (κ2) is 8.04. The Morgan fingerprint density at radius 3 is 2.46 bits per heavy atom. The highest BCUT2D eigenvalue weighted by Crippen LogP contribution is 2.29. The maximum absolute atomic E-state index is 6.20. The van der Waals surface area contributed by atoms with Crippen LogP contribution < -0.4 is 10.6 Å². The van der Waals surface area contributed by atoms with Crippen molar-refractivity contribution in [2.45, 2.75) is 17.8 Å². The van der Waals surface area contributed by atoms with E-state index in [0.717, 1.165) is 27.6 Å². The summed E-state index contributed by atoms with van der Waals surface area (Å²) in [6.07, 6.45) is 0. The van der Waals surface area contributed by atoms with Crippen LogP contribution in [-0.4, -0.2) is 27.0 Å². The molecule has 2 heterocycles. The number of benzene rings is 2. The fourth-order valence-electron chi connectivity index (χ4n) is 2.65. The van der Waals surface area contributed by atoms with E-state index in [4.69, 9.17) is 15.6 Å². The van der Waals surface area contributed by atoms with Crippen molar-refractivity contribution in [2.24, 2.45) is 0 Å². The van der Waals surface area contributed by atoms with Crippen molar-refractivity contribution in [3.05, 3.63) is 65.2 Å². The van der Waals surface area contributed by atoms with Gasteiger partial charge in [0, 0.05) is 22.3 Å². The molecule has 0 saturated carbocycles. The molecule has 0 spiro atoms. The quantitative estimate of drug-likeness (QED) is 0.376. The van der Waals surface area contributed by atoms with Crippen LogP contribution in [0.15, 0.2) is 59.1 Å². The molecule has 0 unspecified atom stereocenters. The van der Waals surface area contributed by atoms with Gasteiger partial charge in [0.15, 0.2) is 5.82 Å². The molecule has 4 aromatic rings. The number of hydrogen-bond acceptors (Lipinski definition) is 7. The second-order valence-electron chi connectivity index (χ2n) is 6.20. The number of thioether (sulfide) groups is 1. The standard InChI is InChI=1S/C20H19N5OS2/c1-13-3-5-14(6-4-13)18-23-24-20(25(18)21)28-12-16-11-27-19(22-16)15-7-9-17(26-2)10-8-15/h3-11H,12,21H2,1-2H3. The molecule has 4 rings (SSSR count). The summed E-state index contributed by atoms with van der Waals surface area (Å²) in [5.74, 6) is 8.37. The molecule has 2 aromatic carbocycles. The smallest absolute Gasteiger partial charge is 0.210 e. The zero-order valence-electron chi connectivity index (χ0n) is 15.5. The first kappa shape index (κ1) is 18.5. The molecule has 0 radical (unpaired) electrons. The minimum atomic E-state index is 0.652. The number of hydrogen-bond donors (Lipinski definition) is 1. The number of nitrogen functional groups attached to an aromatic ring is 1. The van der Waals surface area contributed by atoms with Crippen molar-refractivity contribution >= 4 is 23.1 Å². The van der Waals surface area contributed by atoms with Gasteiger partial charge >= 0.3 is 0 Å². The average Bonchev–Trinajstić information content (AvgIpc) is 3.34. The SMILES string of the molecule is COc1ccc(-c2nc(CSc3nnc(-c4ccc(C)cc4)n3N)cs2)cc1. The van der Waals surface area contributed by atoms with Crippen LogP contribution in [0.2, 0.25) is 0 Å². The third kappa shape index (κ3) is 3.88. The highest BCUT2D eigenvalue weighted by molar-refractivity contribution is 7.98. The Balaban J connectivity index is 1.45. The molecular weight excluding hydrogens is 390 g/mol. The van der Waals surface area contributed by atoms with Gasteiger partial charge in [0.25, 0.3) is 0 Å². The molecule has 0 fully saturated rings. The lowest BCUT2D eigenvalue weighted by molar-refractivity contribution is 0.415. The minimum Gasteiger partial charge on any atom is -0.497 e. The van der Waals surface area contributed by atoms with E-state index in [0.29, 0.717) is 16.7 Å². The van der Waals surface area contributed by atoms with Gasteiger partial charge in [-0.25, -0.2) is 9.66 Å². The number of ether oxygens (including phenoxy) is 1. The van der Waals surface area contributed by atoms with Gasteiger partial charge in [0.1, 0.15) is 10.8 Å². The van der Waals surface area contributed by atoms with Crippen molar-refractivity contribution in [2.75, 3.05) is 13.0 Å². The Hall–Kier alpha value is -2.84. The first-order valence-electron chi connectivity index (χ1n) is 8.63. The Morgan fingerprint density at radius 1 is 1.04 bits per heavy atom. The van der Waals surface area contributed by atoms with Crippen molar-refractivity contribution in [3.8, 4) is 27.7 Å². The van der Waals surface area contributed by atoms with Crippen LogP contribution in [0.4, 0.5) is 0 Å². The van der Waals surface area contributed by atoms with E-state index >= 15 is 0 Å². The summed E-state index contributed by atoms with van der Waals surface area (Å²) in [4.78, 5) is 4.71. The van der Waals surface area contributed by atoms with Gasteiger partial charge in [0.05, 0.1) is 12.8 Å². The molecule has 0 amide bonds. The van der Waals surface area contributed by atoms with E-state index in [1.165, 1.54) is 22.0 Å². The van der Waals surface area contributed by atoms with Crippen LogP contribution in [0.5, 0.6) is 5.75 Å². The highest BCUT2D eigenvalue weighted by Gasteiger charge is 2.13.